The fourth-order valence-corrected chi connectivity index (χ4v) is 1.31. The number of aromatic nitrogens is 2. The highest BCUT2D eigenvalue weighted by Gasteiger charge is 2.25. The number of rotatable bonds is 4. The number of carbonyl (C=O) groups excluding carboxylic acids is 1. The van der Waals surface area contributed by atoms with Gasteiger partial charge in [0.1, 0.15) is 5.78 Å². The number of ketones is 1. The minimum atomic E-state index is -0.951. The summed E-state index contributed by atoms with van der Waals surface area (Å²) < 4.78 is 0. The zero-order chi connectivity index (χ0) is 13.2. The Morgan fingerprint density at radius 2 is 2.24 bits per heavy atom. The van der Waals surface area contributed by atoms with Crippen LogP contribution in [-0.2, 0) is 4.79 Å². The molecule has 0 saturated carbocycles. The third kappa shape index (κ3) is 2.77. The lowest BCUT2D eigenvalue weighted by atomic mass is 10.3. The maximum atomic E-state index is 11.4. The van der Waals surface area contributed by atoms with E-state index >= 15 is 0 Å². The number of nitrogens with zero attached hydrogens (tertiary/aromatic N) is 3. The summed E-state index contributed by atoms with van der Waals surface area (Å²) in [6.07, 6.45) is 0. The van der Waals surface area contributed by atoms with Crippen LogP contribution in [0.15, 0.2) is 4.79 Å². The summed E-state index contributed by atoms with van der Waals surface area (Å²) in [4.78, 5) is 39.0. The molecule has 1 aromatic rings. The van der Waals surface area contributed by atoms with Crippen LogP contribution in [0.2, 0.25) is 0 Å². The molecule has 0 bridgehead atoms. The molecule has 3 N–H and O–H groups in total. The molecule has 92 valence electrons. The number of carbonyl (C=O) groups is 1. The molecular weight excluding hydrogens is 230 g/mol. The van der Waals surface area contributed by atoms with Crippen LogP contribution in [0.1, 0.15) is 6.92 Å². The van der Waals surface area contributed by atoms with Gasteiger partial charge in [0.2, 0.25) is 11.8 Å². The molecular formula is C8H11N5O4. The average Bonchev–Trinajstić information content (AvgIpc) is 2.14. The first kappa shape index (κ1) is 12.6. The van der Waals surface area contributed by atoms with Crippen LogP contribution in [0.4, 0.5) is 17.5 Å². The van der Waals surface area contributed by atoms with Gasteiger partial charge in [0.25, 0.3) is 0 Å². The van der Waals surface area contributed by atoms with Crippen LogP contribution in [0, 0.1) is 10.1 Å². The second kappa shape index (κ2) is 4.60. The monoisotopic (exact) mass is 241 g/mol. The Kier molecular flexibility index (Phi) is 3.41. The van der Waals surface area contributed by atoms with E-state index in [0.29, 0.717) is 0 Å². The minimum absolute atomic E-state index is 0.100. The topological polar surface area (TPSA) is 135 Å². The summed E-state index contributed by atoms with van der Waals surface area (Å²) in [5.41, 5.74) is 3.61. The number of anilines is 2. The molecule has 0 aliphatic rings. The van der Waals surface area contributed by atoms with E-state index in [4.69, 9.17) is 5.73 Å². The quantitative estimate of drug-likeness (QED) is 0.524. The summed E-state index contributed by atoms with van der Waals surface area (Å²) in [5.74, 6) is -0.695. The van der Waals surface area contributed by atoms with Gasteiger partial charge < -0.3 is 10.6 Å². The fourth-order valence-electron chi connectivity index (χ4n) is 1.31. The van der Waals surface area contributed by atoms with Crippen molar-refractivity contribution >= 4 is 23.2 Å². The number of nitrogens with one attached hydrogen (secondary N) is 1. The maximum Gasteiger partial charge on any atom is 0.375 e. The van der Waals surface area contributed by atoms with Crippen LogP contribution in [0.3, 0.4) is 0 Å². The van der Waals surface area contributed by atoms with Crippen molar-refractivity contribution in [2.45, 2.75) is 6.92 Å². The van der Waals surface area contributed by atoms with Gasteiger partial charge in [-0.2, -0.15) is 4.98 Å². The van der Waals surface area contributed by atoms with Crippen LogP contribution in [0.25, 0.3) is 0 Å². The van der Waals surface area contributed by atoms with Gasteiger partial charge in [-0.15, -0.1) is 0 Å². The van der Waals surface area contributed by atoms with Gasteiger partial charge in [0.05, 0.1) is 11.5 Å². The number of likely N-dealkylation sites (N-methyl/N-ethyl adjacent to an activating group) is 1. The van der Waals surface area contributed by atoms with Crippen LogP contribution < -0.4 is 16.2 Å². The summed E-state index contributed by atoms with van der Waals surface area (Å²) in [5, 5.41) is 10.7. The molecule has 0 spiro atoms. The highest BCUT2D eigenvalue weighted by molar-refractivity contribution is 5.81. The van der Waals surface area contributed by atoms with E-state index < -0.39 is 16.2 Å². The highest BCUT2D eigenvalue weighted by atomic mass is 16.6. The minimum Gasteiger partial charge on any atom is -0.369 e. The van der Waals surface area contributed by atoms with Gasteiger partial charge >= 0.3 is 11.2 Å². The van der Waals surface area contributed by atoms with Crippen LogP contribution >= 0.6 is 0 Å². The summed E-state index contributed by atoms with van der Waals surface area (Å²) in [6, 6.07) is 0. The molecule has 1 aromatic heterocycles. The highest BCUT2D eigenvalue weighted by Crippen LogP contribution is 2.20. The lowest BCUT2D eigenvalue weighted by Crippen LogP contribution is -2.29. The van der Waals surface area contributed by atoms with E-state index in [0.717, 1.165) is 0 Å². The van der Waals surface area contributed by atoms with Crippen molar-refractivity contribution in [2.24, 2.45) is 0 Å². The molecule has 0 aliphatic carbocycles. The zero-order valence-electron chi connectivity index (χ0n) is 9.26. The smallest absolute Gasteiger partial charge is 0.369 e. The largest absolute Gasteiger partial charge is 0.375 e. The molecule has 9 nitrogen and oxygen atoms in total. The molecule has 0 amide bonds. The number of nitro groups is 1. The molecule has 0 saturated heterocycles. The van der Waals surface area contributed by atoms with Gasteiger partial charge in [-0.1, -0.05) is 0 Å². The second-order valence-electron chi connectivity index (χ2n) is 3.44. The van der Waals surface area contributed by atoms with Gasteiger partial charge in [0.15, 0.2) is 0 Å². The van der Waals surface area contributed by atoms with E-state index in [-0.39, 0.29) is 24.1 Å². The summed E-state index contributed by atoms with van der Waals surface area (Å²) in [6.45, 7) is 1.22. The number of nitrogens with two attached hydrogens (primary N) is 1. The molecule has 0 radical (unpaired) electrons. The Bertz CT molecular complexity index is 523. The number of nitrogen functional groups attached to an aromatic ring is 1. The summed E-state index contributed by atoms with van der Waals surface area (Å²) in [7, 11) is 1.41. The zero-order valence-corrected chi connectivity index (χ0v) is 9.26. The molecule has 0 unspecified atom stereocenters. The Hall–Kier alpha value is -2.45. The number of H-pyrrole nitrogens is 1. The first-order chi connectivity index (χ1) is 7.82. The van der Waals surface area contributed by atoms with Crippen molar-refractivity contribution in [1.82, 2.24) is 9.97 Å². The van der Waals surface area contributed by atoms with Crippen molar-refractivity contribution in [3.8, 4) is 0 Å². The van der Waals surface area contributed by atoms with E-state index in [1.807, 2.05) is 4.98 Å². The molecule has 9 heteroatoms. The van der Waals surface area contributed by atoms with Crippen molar-refractivity contribution in [3.63, 3.8) is 0 Å². The van der Waals surface area contributed by atoms with E-state index in [1.165, 1.54) is 18.9 Å². The first-order valence-electron chi connectivity index (χ1n) is 4.57. The first-order valence-corrected chi connectivity index (χ1v) is 4.57. The molecule has 0 aromatic carbocycles. The Morgan fingerprint density at radius 1 is 1.65 bits per heavy atom. The van der Waals surface area contributed by atoms with Gasteiger partial charge in [-0.25, -0.2) is 0 Å². The van der Waals surface area contributed by atoms with Crippen LogP contribution in [0.5, 0.6) is 0 Å². The Morgan fingerprint density at radius 3 is 2.71 bits per heavy atom. The SMILES string of the molecule is CC(=O)CN(C)c1nc(N)[nH]c(=O)c1[N+](=O)[O-]. The van der Waals surface area contributed by atoms with E-state index in [2.05, 4.69) is 4.98 Å². The molecule has 0 atom stereocenters. The van der Waals surface area contributed by atoms with Crippen molar-refractivity contribution < 1.29 is 9.72 Å². The van der Waals surface area contributed by atoms with Crippen molar-refractivity contribution in [1.29, 1.82) is 0 Å². The maximum absolute atomic E-state index is 11.4. The lowest BCUT2D eigenvalue weighted by Gasteiger charge is -2.15. The number of hydrogen-bond donors (Lipinski definition) is 2. The lowest BCUT2D eigenvalue weighted by molar-refractivity contribution is -0.385. The third-order valence-corrected chi connectivity index (χ3v) is 1.90. The number of hydrogen-bond acceptors (Lipinski definition) is 7. The second-order valence-corrected chi connectivity index (χ2v) is 3.44. The third-order valence-electron chi connectivity index (χ3n) is 1.90. The predicted molar refractivity (Wildman–Crippen MR) is 59.9 cm³/mol. The van der Waals surface area contributed by atoms with Crippen molar-refractivity contribution in [3.05, 3.63) is 20.5 Å². The van der Waals surface area contributed by atoms with Gasteiger partial charge in [0, 0.05) is 7.05 Å². The molecule has 17 heavy (non-hydrogen) atoms. The van der Waals surface area contributed by atoms with E-state index in [1.54, 1.807) is 0 Å². The fraction of sp³-hybridized carbons (Fsp3) is 0.375. The average molecular weight is 241 g/mol. The number of aromatic amines is 1. The van der Waals surface area contributed by atoms with Gasteiger partial charge in [-0.3, -0.25) is 24.7 Å². The summed E-state index contributed by atoms with van der Waals surface area (Å²) >= 11 is 0. The standard InChI is InChI=1S/C8H11N5O4/c1-4(14)3-12(2)6-5(13(16)17)7(15)11-8(9)10-6/h3H2,1-2H3,(H3,9,10,11,15). The number of Topliss-reactive ketones (excluding diaryl/α,β-unsaturated/α-hetero) is 1. The Labute approximate surface area is 95.4 Å². The normalized spacial score (nSPS) is 10.0. The molecule has 1 heterocycles. The molecule has 0 fully saturated rings. The Balaban J connectivity index is 3.35. The molecule has 0 aliphatic heterocycles. The van der Waals surface area contributed by atoms with E-state index in [9.17, 15) is 19.7 Å². The predicted octanol–water partition coefficient (Wildman–Crippen LogP) is -0.714. The van der Waals surface area contributed by atoms with Gasteiger partial charge in [-0.05, 0) is 6.92 Å². The van der Waals surface area contributed by atoms with Crippen molar-refractivity contribution in [2.75, 3.05) is 24.2 Å². The van der Waals surface area contributed by atoms with Crippen LogP contribution in [-0.4, -0.2) is 34.3 Å². The molecule has 1 rings (SSSR count).